The molecule has 1 aromatic rings. The minimum atomic E-state index is -5.01. The van der Waals surface area contributed by atoms with Crippen molar-refractivity contribution in [2.75, 3.05) is 6.51 Å². The molecule has 0 saturated carbocycles. The van der Waals surface area contributed by atoms with Crippen molar-refractivity contribution in [3.05, 3.63) is 34.4 Å². The molecule has 0 N–H and O–H groups in total. The summed E-state index contributed by atoms with van der Waals surface area (Å²) in [7, 11) is 0. The van der Waals surface area contributed by atoms with Crippen molar-refractivity contribution in [1.29, 1.82) is 0 Å². The van der Waals surface area contributed by atoms with E-state index in [1.165, 1.54) is 0 Å². The molecular formula is C7H6BF3KNO3. The smallest absolute Gasteiger partial charge is 0.522 e. The van der Waals surface area contributed by atoms with E-state index >= 15 is 0 Å². The summed E-state index contributed by atoms with van der Waals surface area (Å²) in [4.78, 5) is 9.58. The summed E-state index contributed by atoms with van der Waals surface area (Å²) >= 11 is 0. The second kappa shape index (κ2) is 6.60. The Morgan fingerprint density at radius 2 is 1.75 bits per heavy atom. The molecule has 16 heavy (non-hydrogen) atoms. The number of benzene rings is 1. The van der Waals surface area contributed by atoms with Crippen LogP contribution < -0.4 is 56.1 Å². The molecule has 1 rings (SSSR count). The van der Waals surface area contributed by atoms with Crippen LogP contribution in [0.15, 0.2) is 24.3 Å². The number of nitro benzene ring substituents is 1. The summed E-state index contributed by atoms with van der Waals surface area (Å²) in [6.45, 7) is -6.36. The van der Waals surface area contributed by atoms with Crippen LogP contribution in [0.25, 0.3) is 0 Å². The molecule has 0 saturated heterocycles. The van der Waals surface area contributed by atoms with Crippen molar-refractivity contribution in [3.8, 4) is 5.75 Å². The summed E-state index contributed by atoms with van der Waals surface area (Å²) in [5, 5.41) is 10.2. The zero-order chi connectivity index (χ0) is 11.5. The first-order valence-electron chi connectivity index (χ1n) is 3.97. The molecule has 0 bridgehead atoms. The number of ether oxygens (including phenoxy) is 1. The molecule has 0 aliphatic heterocycles. The van der Waals surface area contributed by atoms with E-state index in [0.29, 0.717) is 0 Å². The van der Waals surface area contributed by atoms with Crippen LogP contribution in [0, 0.1) is 10.1 Å². The predicted octanol–water partition coefficient (Wildman–Crippen LogP) is -0.636. The van der Waals surface area contributed by atoms with Crippen molar-refractivity contribution in [1.82, 2.24) is 0 Å². The quantitative estimate of drug-likeness (QED) is 0.411. The van der Waals surface area contributed by atoms with Crippen molar-refractivity contribution < 1.29 is 74.0 Å². The van der Waals surface area contributed by atoms with E-state index < -0.39 is 18.4 Å². The van der Waals surface area contributed by atoms with Crippen LogP contribution in [0.1, 0.15) is 0 Å². The van der Waals surface area contributed by atoms with E-state index in [9.17, 15) is 23.1 Å². The zero-order valence-electron chi connectivity index (χ0n) is 8.40. The van der Waals surface area contributed by atoms with Gasteiger partial charge >= 0.3 is 58.4 Å². The molecule has 0 unspecified atom stereocenters. The van der Waals surface area contributed by atoms with Gasteiger partial charge in [0.15, 0.2) is 0 Å². The zero-order valence-corrected chi connectivity index (χ0v) is 11.5. The Balaban J connectivity index is 0.00000225. The summed E-state index contributed by atoms with van der Waals surface area (Å²) in [5.41, 5.74) is -0.195. The van der Waals surface area contributed by atoms with Crippen molar-refractivity contribution in [3.63, 3.8) is 0 Å². The van der Waals surface area contributed by atoms with E-state index in [1.807, 2.05) is 0 Å². The second-order valence-electron chi connectivity index (χ2n) is 2.77. The molecule has 0 radical (unpaired) electrons. The Hall–Kier alpha value is -0.0887. The predicted molar refractivity (Wildman–Crippen MR) is 47.7 cm³/mol. The SMILES string of the molecule is O=[N+]([O-])c1ccc(OC[B-](F)(F)F)cc1.[K+]. The third-order valence-electron chi connectivity index (χ3n) is 1.49. The largest absolute Gasteiger partial charge is 1.00 e. The fourth-order valence-corrected chi connectivity index (χ4v) is 0.855. The summed E-state index contributed by atoms with van der Waals surface area (Å²) < 4.78 is 39.7. The summed E-state index contributed by atoms with van der Waals surface area (Å²) in [6, 6.07) is 4.41. The molecular weight excluding hydrogens is 253 g/mol. The molecule has 0 aliphatic rings. The molecule has 0 aliphatic carbocycles. The average molecular weight is 259 g/mol. The Bertz CT molecular complexity index is 357. The van der Waals surface area contributed by atoms with Gasteiger partial charge in [-0.05, 0) is 12.1 Å². The maximum atomic E-state index is 11.8. The average Bonchev–Trinajstić information content (AvgIpc) is 2.14. The van der Waals surface area contributed by atoms with Gasteiger partial charge in [-0.15, -0.1) is 0 Å². The van der Waals surface area contributed by atoms with Gasteiger partial charge in [0.1, 0.15) is 5.75 Å². The molecule has 0 spiro atoms. The van der Waals surface area contributed by atoms with Crippen molar-refractivity contribution in [2.24, 2.45) is 0 Å². The Morgan fingerprint density at radius 1 is 1.25 bits per heavy atom. The molecule has 0 atom stereocenters. The number of non-ortho nitro benzene ring substituents is 1. The van der Waals surface area contributed by atoms with E-state index in [1.54, 1.807) is 0 Å². The van der Waals surface area contributed by atoms with Crippen LogP contribution in [-0.4, -0.2) is 18.4 Å². The van der Waals surface area contributed by atoms with Crippen LogP contribution >= 0.6 is 0 Å². The molecule has 9 heteroatoms. The maximum Gasteiger partial charge on any atom is 1.00 e. The van der Waals surface area contributed by atoms with Gasteiger partial charge in [-0.3, -0.25) is 10.1 Å². The topological polar surface area (TPSA) is 52.4 Å². The number of rotatable bonds is 4. The van der Waals surface area contributed by atoms with Crippen LogP contribution in [0.4, 0.5) is 18.6 Å². The molecule has 0 fully saturated rings. The number of hydrogen-bond acceptors (Lipinski definition) is 3. The number of halogens is 3. The Kier molecular flexibility index (Phi) is 6.56. The van der Waals surface area contributed by atoms with Gasteiger partial charge in [-0.1, -0.05) is 0 Å². The van der Waals surface area contributed by atoms with Crippen LogP contribution in [0.3, 0.4) is 0 Å². The van der Waals surface area contributed by atoms with Crippen molar-refractivity contribution in [2.45, 2.75) is 0 Å². The normalized spacial score (nSPS) is 10.4. The first kappa shape index (κ1) is 15.9. The minimum Gasteiger partial charge on any atom is -0.522 e. The van der Waals surface area contributed by atoms with E-state index in [4.69, 9.17) is 0 Å². The fraction of sp³-hybridized carbons (Fsp3) is 0.143. The third-order valence-corrected chi connectivity index (χ3v) is 1.49. The van der Waals surface area contributed by atoms with Crippen LogP contribution in [-0.2, 0) is 0 Å². The Morgan fingerprint density at radius 3 is 2.12 bits per heavy atom. The first-order chi connectivity index (χ1) is 6.88. The second-order valence-corrected chi connectivity index (χ2v) is 2.77. The van der Waals surface area contributed by atoms with Gasteiger partial charge in [0.05, 0.1) is 11.4 Å². The molecule has 0 aromatic heterocycles. The van der Waals surface area contributed by atoms with E-state index in [2.05, 4.69) is 4.74 Å². The van der Waals surface area contributed by atoms with Crippen molar-refractivity contribution >= 4 is 12.7 Å². The van der Waals surface area contributed by atoms with Gasteiger partial charge in [0, 0.05) is 12.1 Å². The molecule has 0 heterocycles. The molecule has 0 amide bonds. The first-order valence-corrected chi connectivity index (χ1v) is 3.97. The van der Waals surface area contributed by atoms with Gasteiger partial charge in [0.25, 0.3) is 5.69 Å². The number of hydrogen-bond donors (Lipinski definition) is 0. The van der Waals surface area contributed by atoms with Gasteiger partial charge in [0.2, 0.25) is 0 Å². The number of nitro groups is 1. The van der Waals surface area contributed by atoms with Gasteiger partial charge < -0.3 is 17.7 Å². The van der Waals surface area contributed by atoms with Gasteiger partial charge in [-0.25, -0.2) is 0 Å². The number of nitrogens with zero attached hydrogens (tertiary/aromatic N) is 1. The minimum absolute atomic E-state index is 0. The Labute approximate surface area is 132 Å². The van der Waals surface area contributed by atoms with E-state index in [-0.39, 0.29) is 62.8 Å². The standard InChI is InChI=1S/C7H6BF3NO3.K/c9-8(10,11)5-15-7-3-1-6(2-4-7)12(13)14;/h1-4H,5H2;/q-1;+1. The van der Waals surface area contributed by atoms with Gasteiger partial charge in [-0.2, -0.15) is 0 Å². The molecule has 4 nitrogen and oxygen atoms in total. The van der Waals surface area contributed by atoms with Crippen LogP contribution in [0.2, 0.25) is 0 Å². The van der Waals surface area contributed by atoms with E-state index in [0.717, 1.165) is 24.3 Å². The summed E-state index contributed by atoms with van der Waals surface area (Å²) in [5.74, 6) is -0.0419. The fourth-order valence-electron chi connectivity index (χ4n) is 0.855. The monoisotopic (exact) mass is 259 g/mol. The van der Waals surface area contributed by atoms with Crippen LogP contribution in [0.5, 0.6) is 5.75 Å². The third kappa shape index (κ3) is 5.85. The molecule has 82 valence electrons. The maximum absolute atomic E-state index is 11.8. The summed E-state index contributed by atoms with van der Waals surface area (Å²) in [6.07, 6.45) is 0. The molecule has 1 aromatic carbocycles.